The van der Waals surface area contributed by atoms with E-state index in [0.29, 0.717) is 6.04 Å². The summed E-state index contributed by atoms with van der Waals surface area (Å²) in [7, 11) is 0. The van der Waals surface area contributed by atoms with Gasteiger partial charge in [0.25, 0.3) is 0 Å². The predicted molar refractivity (Wildman–Crippen MR) is 57.0 cm³/mol. The van der Waals surface area contributed by atoms with E-state index in [0.717, 1.165) is 11.1 Å². The van der Waals surface area contributed by atoms with E-state index < -0.39 is 0 Å². The van der Waals surface area contributed by atoms with Crippen molar-refractivity contribution >= 4 is 10.9 Å². The zero-order valence-corrected chi connectivity index (χ0v) is 8.36. The molecule has 0 saturated carbocycles. The molecule has 1 aromatic carbocycles. The molecular formula is C12H12N2. The quantitative estimate of drug-likeness (QED) is 0.669. The van der Waals surface area contributed by atoms with Crippen molar-refractivity contribution in [3.05, 3.63) is 36.0 Å². The summed E-state index contributed by atoms with van der Waals surface area (Å²) < 4.78 is 2.18. The molecule has 70 valence electrons. The Hall–Kier alpha value is -1.75. The molecule has 0 bridgehead atoms. The van der Waals surface area contributed by atoms with Crippen molar-refractivity contribution in [2.24, 2.45) is 0 Å². The highest BCUT2D eigenvalue weighted by molar-refractivity contribution is 5.81. The Morgan fingerprint density at radius 3 is 2.71 bits per heavy atom. The molecule has 0 N–H and O–H groups in total. The van der Waals surface area contributed by atoms with E-state index in [4.69, 9.17) is 5.26 Å². The lowest BCUT2D eigenvalue weighted by Gasteiger charge is -2.08. The first-order chi connectivity index (χ1) is 6.72. The van der Waals surface area contributed by atoms with Crippen LogP contribution < -0.4 is 0 Å². The van der Waals surface area contributed by atoms with E-state index in [1.807, 2.05) is 18.2 Å². The van der Waals surface area contributed by atoms with E-state index in [1.54, 1.807) is 0 Å². The summed E-state index contributed by atoms with van der Waals surface area (Å²) in [6.45, 7) is 4.27. The van der Waals surface area contributed by atoms with Crippen molar-refractivity contribution in [1.29, 1.82) is 5.26 Å². The third kappa shape index (κ3) is 1.27. The highest BCUT2D eigenvalue weighted by Crippen LogP contribution is 2.20. The van der Waals surface area contributed by atoms with Crippen molar-refractivity contribution in [1.82, 2.24) is 4.57 Å². The van der Waals surface area contributed by atoms with Crippen molar-refractivity contribution in [3.8, 4) is 6.07 Å². The van der Waals surface area contributed by atoms with Crippen molar-refractivity contribution in [2.45, 2.75) is 19.9 Å². The molecule has 1 heterocycles. The van der Waals surface area contributed by atoms with E-state index in [2.05, 4.69) is 36.7 Å². The van der Waals surface area contributed by atoms with Crippen LogP contribution in [0, 0.1) is 11.3 Å². The van der Waals surface area contributed by atoms with Crippen molar-refractivity contribution < 1.29 is 0 Å². The Bertz CT molecular complexity index is 501. The standard InChI is InChI=1S/C12H12N2/c1-9(2)14-6-5-11-4-3-10(8-13)7-12(11)14/h3-7,9H,1-2H3. The minimum absolute atomic E-state index is 0.432. The molecule has 1 aromatic heterocycles. The van der Waals surface area contributed by atoms with Crippen molar-refractivity contribution in [3.63, 3.8) is 0 Å². The summed E-state index contributed by atoms with van der Waals surface area (Å²) in [5, 5.41) is 10.00. The number of hydrogen-bond acceptors (Lipinski definition) is 1. The largest absolute Gasteiger partial charge is 0.345 e. The van der Waals surface area contributed by atoms with Crippen LogP contribution in [0.5, 0.6) is 0 Å². The predicted octanol–water partition coefficient (Wildman–Crippen LogP) is 3.09. The van der Waals surface area contributed by atoms with Gasteiger partial charge in [0.1, 0.15) is 0 Å². The van der Waals surface area contributed by atoms with Gasteiger partial charge < -0.3 is 4.57 Å². The summed E-state index contributed by atoms with van der Waals surface area (Å²) in [4.78, 5) is 0. The number of aromatic nitrogens is 1. The first kappa shape index (κ1) is 8.83. The van der Waals surface area contributed by atoms with Gasteiger partial charge in [-0.3, -0.25) is 0 Å². The fourth-order valence-electron chi connectivity index (χ4n) is 1.67. The summed E-state index contributed by atoms with van der Waals surface area (Å²) in [5.41, 5.74) is 1.86. The molecule has 0 atom stereocenters. The van der Waals surface area contributed by atoms with Gasteiger partial charge in [0.2, 0.25) is 0 Å². The minimum atomic E-state index is 0.432. The van der Waals surface area contributed by atoms with E-state index in [9.17, 15) is 0 Å². The van der Waals surface area contributed by atoms with Crippen LogP contribution in [0.1, 0.15) is 25.5 Å². The average molecular weight is 184 g/mol. The van der Waals surface area contributed by atoms with Gasteiger partial charge >= 0.3 is 0 Å². The van der Waals surface area contributed by atoms with E-state index in [-0.39, 0.29) is 0 Å². The zero-order chi connectivity index (χ0) is 10.1. The van der Waals surface area contributed by atoms with E-state index in [1.165, 1.54) is 5.39 Å². The highest BCUT2D eigenvalue weighted by atomic mass is 15.0. The monoisotopic (exact) mass is 184 g/mol. The summed E-state index contributed by atoms with van der Waals surface area (Å²) in [6, 6.07) is 10.5. The first-order valence-electron chi connectivity index (χ1n) is 4.73. The van der Waals surface area contributed by atoms with Gasteiger partial charge in [-0.1, -0.05) is 6.07 Å². The molecule has 0 fully saturated rings. The molecule has 0 aliphatic carbocycles. The van der Waals surface area contributed by atoms with Gasteiger partial charge in [-0.15, -0.1) is 0 Å². The second-order valence-corrected chi connectivity index (χ2v) is 3.70. The number of nitrogens with zero attached hydrogens (tertiary/aromatic N) is 2. The Morgan fingerprint density at radius 2 is 2.07 bits per heavy atom. The zero-order valence-electron chi connectivity index (χ0n) is 8.36. The van der Waals surface area contributed by atoms with Crippen LogP contribution in [0.3, 0.4) is 0 Å². The van der Waals surface area contributed by atoms with E-state index >= 15 is 0 Å². The molecule has 0 saturated heterocycles. The maximum atomic E-state index is 8.80. The number of rotatable bonds is 1. The lowest BCUT2D eigenvalue weighted by Crippen LogP contribution is -1.97. The average Bonchev–Trinajstić information content (AvgIpc) is 2.59. The first-order valence-corrected chi connectivity index (χ1v) is 4.73. The Kier molecular flexibility index (Phi) is 2.01. The highest BCUT2D eigenvalue weighted by Gasteiger charge is 2.04. The maximum Gasteiger partial charge on any atom is 0.0992 e. The number of benzene rings is 1. The van der Waals surface area contributed by atoms with Gasteiger partial charge in [0, 0.05) is 17.8 Å². The van der Waals surface area contributed by atoms with Crippen LogP contribution in [0.15, 0.2) is 30.5 Å². The SMILES string of the molecule is CC(C)n1ccc2ccc(C#N)cc21. The van der Waals surface area contributed by atoms with Crippen LogP contribution in [0.4, 0.5) is 0 Å². The number of hydrogen-bond donors (Lipinski definition) is 0. The molecule has 0 unspecified atom stereocenters. The molecule has 0 radical (unpaired) electrons. The fourth-order valence-corrected chi connectivity index (χ4v) is 1.67. The number of nitriles is 1. The fraction of sp³-hybridized carbons (Fsp3) is 0.250. The molecule has 0 spiro atoms. The second kappa shape index (κ2) is 3.19. The van der Waals surface area contributed by atoms with Crippen LogP contribution in [0.2, 0.25) is 0 Å². The number of fused-ring (bicyclic) bond motifs is 1. The van der Waals surface area contributed by atoms with Gasteiger partial charge in [-0.2, -0.15) is 5.26 Å². The van der Waals surface area contributed by atoms with Crippen molar-refractivity contribution in [2.75, 3.05) is 0 Å². The molecule has 2 nitrogen and oxygen atoms in total. The Morgan fingerprint density at radius 1 is 1.29 bits per heavy atom. The minimum Gasteiger partial charge on any atom is -0.345 e. The Balaban J connectivity index is 2.71. The van der Waals surface area contributed by atoms with Crippen LogP contribution in [-0.2, 0) is 0 Å². The smallest absolute Gasteiger partial charge is 0.0992 e. The Labute approximate surface area is 83.4 Å². The maximum absolute atomic E-state index is 8.80. The summed E-state index contributed by atoms with van der Waals surface area (Å²) in [5.74, 6) is 0. The van der Waals surface area contributed by atoms with Gasteiger partial charge in [0.15, 0.2) is 0 Å². The molecule has 14 heavy (non-hydrogen) atoms. The van der Waals surface area contributed by atoms with Crippen LogP contribution in [0.25, 0.3) is 10.9 Å². The third-order valence-corrected chi connectivity index (χ3v) is 2.41. The van der Waals surface area contributed by atoms with Crippen LogP contribution >= 0.6 is 0 Å². The summed E-state index contributed by atoms with van der Waals surface area (Å²) >= 11 is 0. The molecule has 0 amide bonds. The third-order valence-electron chi connectivity index (χ3n) is 2.41. The van der Waals surface area contributed by atoms with Gasteiger partial charge in [0.05, 0.1) is 11.6 Å². The molecular weight excluding hydrogens is 172 g/mol. The summed E-state index contributed by atoms with van der Waals surface area (Å²) in [6.07, 6.45) is 2.07. The topological polar surface area (TPSA) is 28.7 Å². The normalized spacial score (nSPS) is 10.7. The van der Waals surface area contributed by atoms with Crippen LogP contribution in [-0.4, -0.2) is 4.57 Å². The molecule has 2 heteroatoms. The molecule has 0 aliphatic heterocycles. The van der Waals surface area contributed by atoms with Gasteiger partial charge in [-0.25, -0.2) is 0 Å². The molecule has 2 rings (SSSR count). The van der Waals surface area contributed by atoms with Gasteiger partial charge in [-0.05, 0) is 37.4 Å². The lowest BCUT2D eigenvalue weighted by atomic mass is 10.2. The molecule has 0 aliphatic rings. The lowest BCUT2D eigenvalue weighted by molar-refractivity contribution is 0.623. The molecule has 2 aromatic rings. The second-order valence-electron chi connectivity index (χ2n) is 3.70.